The highest BCUT2D eigenvalue weighted by atomic mass is 16.5. The number of unbranched alkanes of at least 4 members (excludes halogenated alkanes) is 14. The average molecular weight is 409 g/mol. The van der Waals surface area contributed by atoms with E-state index in [0.717, 1.165) is 12.8 Å². The summed E-state index contributed by atoms with van der Waals surface area (Å²) < 4.78 is 5.25. The summed E-state index contributed by atoms with van der Waals surface area (Å²) in [6, 6.07) is 0. The number of carbonyl (C=O) groups is 2. The number of hydrogen-bond donors (Lipinski definition) is 1. The van der Waals surface area contributed by atoms with Gasteiger partial charge in [0, 0.05) is 6.42 Å². The lowest BCUT2D eigenvalue weighted by Crippen LogP contribution is -2.07. The molecule has 0 aromatic heterocycles. The van der Waals surface area contributed by atoms with E-state index in [9.17, 15) is 9.59 Å². The van der Waals surface area contributed by atoms with Crippen LogP contribution in [0.5, 0.6) is 0 Å². The molecular weight excluding hydrogens is 364 g/mol. The van der Waals surface area contributed by atoms with Crippen LogP contribution >= 0.6 is 0 Å². The number of carbonyl (C=O) groups excluding carboxylic acids is 1. The minimum atomic E-state index is -0.987. The number of allylic oxidation sites excluding steroid dienone is 2. The molecule has 0 fully saturated rings. The monoisotopic (exact) mass is 408 g/mol. The summed E-state index contributed by atoms with van der Waals surface area (Å²) in [4.78, 5) is 22.1. The van der Waals surface area contributed by atoms with Crippen molar-refractivity contribution in [2.75, 3.05) is 0 Å². The second kappa shape index (κ2) is 21.1. The van der Waals surface area contributed by atoms with E-state index in [1.807, 2.05) is 6.08 Å². The summed E-state index contributed by atoms with van der Waals surface area (Å²) in [7, 11) is 0. The maximum atomic E-state index is 11.6. The van der Waals surface area contributed by atoms with Gasteiger partial charge in [0.1, 0.15) is 5.76 Å². The van der Waals surface area contributed by atoms with Crippen LogP contribution in [0.25, 0.3) is 0 Å². The van der Waals surface area contributed by atoms with Crippen LogP contribution in [0, 0.1) is 0 Å². The number of carboxylic acid groups (broad SMARTS) is 1. The van der Waals surface area contributed by atoms with Gasteiger partial charge in [-0.1, -0.05) is 96.5 Å². The fourth-order valence-electron chi connectivity index (χ4n) is 3.32. The van der Waals surface area contributed by atoms with Gasteiger partial charge < -0.3 is 9.84 Å². The Bertz CT molecular complexity index is 454. The van der Waals surface area contributed by atoms with Crippen molar-refractivity contribution < 1.29 is 19.4 Å². The lowest BCUT2D eigenvalue weighted by atomic mass is 10.0. The highest BCUT2D eigenvalue weighted by Crippen LogP contribution is 2.15. The second-order valence-corrected chi connectivity index (χ2v) is 7.92. The smallest absolute Gasteiger partial charge is 0.311 e. The molecular formula is C25H44O4. The maximum Gasteiger partial charge on any atom is 0.311 e. The molecule has 0 heterocycles. The van der Waals surface area contributed by atoms with Gasteiger partial charge >= 0.3 is 11.9 Å². The Labute approximate surface area is 178 Å². The molecule has 0 aliphatic carbocycles. The Morgan fingerprint density at radius 2 is 1.28 bits per heavy atom. The zero-order valence-electron chi connectivity index (χ0n) is 18.8. The zero-order valence-corrected chi connectivity index (χ0v) is 18.8. The largest absolute Gasteiger partial charge is 0.481 e. The average Bonchev–Trinajstić information content (AvgIpc) is 2.69. The first kappa shape index (κ1) is 27.4. The molecule has 0 unspecified atom stereocenters. The Morgan fingerprint density at radius 3 is 1.72 bits per heavy atom. The van der Waals surface area contributed by atoms with Crippen molar-refractivity contribution in [1.82, 2.24) is 0 Å². The normalized spacial score (nSPS) is 11.4. The van der Waals surface area contributed by atoms with E-state index in [2.05, 4.69) is 13.5 Å². The minimum Gasteiger partial charge on any atom is -0.481 e. The molecule has 29 heavy (non-hydrogen) atoms. The van der Waals surface area contributed by atoms with E-state index in [1.165, 1.54) is 83.5 Å². The minimum absolute atomic E-state index is 0.0946. The van der Waals surface area contributed by atoms with Crippen LogP contribution < -0.4 is 0 Å². The van der Waals surface area contributed by atoms with Crippen molar-refractivity contribution in [1.29, 1.82) is 0 Å². The SMILES string of the molecule is C=CCC(=CCCCCCCCCCCCCCCCC)OC(=O)CCC(=O)O. The maximum absolute atomic E-state index is 11.6. The molecule has 0 aromatic rings. The van der Waals surface area contributed by atoms with Crippen molar-refractivity contribution in [2.24, 2.45) is 0 Å². The van der Waals surface area contributed by atoms with Gasteiger partial charge in [-0.15, -0.1) is 6.58 Å². The third-order valence-electron chi connectivity index (χ3n) is 5.06. The van der Waals surface area contributed by atoms with Gasteiger partial charge in [-0.2, -0.15) is 0 Å². The molecule has 0 saturated heterocycles. The van der Waals surface area contributed by atoms with Crippen LogP contribution in [0.2, 0.25) is 0 Å². The quantitative estimate of drug-likeness (QED) is 0.0913. The van der Waals surface area contributed by atoms with Crippen LogP contribution in [0.4, 0.5) is 0 Å². The summed E-state index contributed by atoms with van der Waals surface area (Å²) in [5.41, 5.74) is 0. The Balaban J connectivity index is 3.60. The predicted octanol–water partition coefficient (Wildman–Crippen LogP) is 7.73. The Morgan fingerprint density at radius 1 is 0.793 bits per heavy atom. The van der Waals surface area contributed by atoms with Crippen molar-refractivity contribution >= 4 is 11.9 Å². The Kier molecular flexibility index (Phi) is 20.0. The summed E-state index contributed by atoms with van der Waals surface area (Å²) in [5.74, 6) is -0.884. The van der Waals surface area contributed by atoms with Crippen molar-refractivity contribution in [3.8, 4) is 0 Å². The van der Waals surface area contributed by atoms with Crippen LogP contribution in [0.1, 0.15) is 122 Å². The summed E-state index contributed by atoms with van der Waals surface area (Å²) in [6.45, 7) is 5.94. The molecule has 0 radical (unpaired) electrons. The second-order valence-electron chi connectivity index (χ2n) is 7.92. The number of rotatable bonds is 21. The van der Waals surface area contributed by atoms with Crippen LogP contribution in [0.3, 0.4) is 0 Å². The topological polar surface area (TPSA) is 63.6 Å². The van der Waals surface area contributed by atoms with E-state index in [-0.39, 0.29) is 12.8 Å². The summed E-state index contributed by atoms with van der Waals surface area (Å²) in [6.07, 6.45) is 23.4. The molecule has 168 valence electrons. The molecule has 0 bridgehead atoms. The lowest BCUT2D eigenvalue weighted by Gasteiger charge is -2.07. The van der Waals surface area contributed by atoms with Crippen molar-refractivity contribution in [3.63, 3.8) is 0 Å². The number of ether oxygens (including phenoxy) is 1. The number of esters is 1. The number of aliphatic carboxylic acids is 1. The molecule has 1 N–H and O–H groups in total. The molecule has 0 saturated carbocycles. The fourth-order valence-corrected chi connectivity index (χ4v) is 3.32. The van der Waals surface area contributed by atoms with Gasteiger partial charge in [-0.05, 0) is 18.9 Å². The van der Waals surface area contributed by atoms with E-state index in [1.54, 1.807) is 6.08 Å². The van der Waals surface area contributed by atoms with Crippen LogP contribution in [0.15, 0.2) is 24.5 Å². The third kappa shape index (κ3) is 21.0. The molecule has 4 heteroatoms. The highest BCUT2D eigenvalue weighted by Gasteiger charge is 2.08. The van der Waals surface area contributed by atoms with E-state index < -0.39 is 11.9 Å². The first-order valence-corrected chi connectivity index (χ1v) is 11.8. The predicted molar refractivity (Wildman–Crippen MR) is 121 cm³/mol. The van der Waals surface area contributed by atoms with E-state index in [0.29, 0.717) is 12.2 Å². The molecule has 0 aromatic carbocycles. The van der Waals surface area contributed by atoms with Gasteiger partial charge in [0.25, 0.3) is 0 Å². The van der Waals surface area contributed by atoms with Gasteiger partial charge in [0.15, 0.2) is 0 Å². The zero-order chi connectivity index (χ0) is 21.6. The van der Waals surface area contributed by atoms with Crippen LogP contribution in [-0.4, -0.2) is 17.0 Å². The standard InChI is InChI=1S/C25H44O4/c1-3-5-6-7-8-9-10-11-12-13-14-15-16-17-18-20-23(19-4-2)29-25(28)22-21-24(26)27/h4,20H,2-3,5-19,21-22H2,1H3,(H,26,27). The molecule has 0 aliphatic rings. The fraction of sp³-hybridized carbons (Fsp3) is 0.760. The van der Waals surface area contributed by atoms with Gasteiger partial charge in [0.05, 0.1) is 12.8 Å². The first-order valence-electron chi connectivity index (χ1n) is 11.8. The number of carboxylic acids is 1. The van der Waals surface area contributed by atoms with Gasteiger partial charge in [-0.3, -0.25) is 9.59 Å². The van der Waals surface area contributed by atoms with Crippen LogP contribution in [-0.2, 0) is 14.3 Å². The van der Waals surface area contributed by atoms with E-state index >= 15 is 0 Å². The van der Waals surface area contributed by atoms with Gasteiger partial charge in [0.2, 0.25) is 0 Å². The van der Waals surface area contributed by atoms with Gasteiger partial charge in [-0.25, -0.2) is 0 Å². The first-order chi connectivity index (χ1) is 14.1. The summed E-state index contributed by atoms with van der Waals surface area (Å²) in [5, 5.41) is 8.61. The molecule has 0 rings (SSSR count). The van der Waals surface area contributed by atoms with Crippen molar-refractivity contribution in [3.05, 3.63) is 24.5 Å². The molecule has 0 amide bonds. The summed E-state index contributed by atoms with van der Waals surface area (Å²) >= 11 is 0. The molecule has 0 spiro atoms. The Hall–Kier alpha value is -1.58. The third-order valence-corrected chi connectivity index (χ3v) is 5.06. The van der Waals surface area contributed by atoms with E-state index in [4.69, 9.17) is 9.84 Å². The molecule has 0 atom stereocenters. The number of hydrogen-bond acceptors (Lipinski definition) is 3. The van der Waals surface area contributed by atoms with Crippen molar-refractivity contribution in [2.45, 2.75) is 122 Å². The molecule has 4 nitrogen and oxygen atoms in total. The lowest BCUT2D eigenvalue weighted by molar-refractivity contribution is -0.145. The molecule has 0 aliphatic heterocycles. The highest BCUT2D eigenvalue weighted by molar-refractivity contribution is 5.77.